The zero-order valence-electron chi connectivity index (χ0n) is 15.5. The van der Waals surface area contributed by atoms with Crippen LogP contribution in [0.25, 0.3) is 0 Å². The van der Waals surface area contributed by atoms with Crippen LogP contribution in [0, 0.1) is 0 Å². The number of benzene rings is 2. The molecule has 6 nitrogen and oxygen atoms in total. The molecule has 2 aromatic carbocycles. The Morgan fingerprint density at radius 1 is 1.03 bits per heavy atom. The molecular formula is C20H14Cl2N2O4S2. The van der Waals surface area contributed by atoms with Gasteiger partial charge in [0.15, 0.2) is 0 Å². The molecule has 2 amide bonds. The molecule has 0 atom stereocenters. The SMILES string of the molecule is CN(c1ccccc1Cl)S(=O)(=O)c1ccc(Cl)c(N2C(=O)Cc3sccc3C2=O)c1. The molecule has 2 heterocycles. The number of rotatable bonds is 4. The summed E-state index contributed by atoms with van der Waals surface area (Å²) in [6.07, 6.45) is 0.0472. The van der Waals surface area contributed by atoms with E-state index in [4.69, 9.17) is 23.2 Å². The predicted octanol–water partition coefficient (Wildman–Crippen LogP) is 4.61. The van der Waals surface area contributed by atoms with Crippen LogP contribution in [0.5, 0.6) is 0 Å². The molecule has 30 heavy (non-hydrogen) atoms. The van der Waals surface area contributed by atoms with Gasteiger partial charge in [0.25, 0.3) is 15.9 Å². The van der Waals surface area contributed by atoms with Crippen molar-refractivity contribution in [1.82, 2.24) is 0 Å². The van der Waals surface area contributed by atoms with Crippen molar-refractivity contribution in [2.24, 2.45) is 0 Å². The van der Waals surface area contributed by atoms with Gasteiger partial charge in [0.2, 0.25) is 5.91 Å². The average Bonchev–Trinajstić information content (AvgIpc) is 3.17. The summed E-state index contributed by atoms with van der Waals surface area (Å²) in [4.78, 5) is 27.0. The maximum absolute atomic E-state index is 13.2. The van der Waals surface area contributed by atoms with Gasteiger partial charge in [0.1, 0.15) is 0 Å². The molecule has 3 aromatic rings. The van der Waals surface area contributed by atoms with Crippen LogP contribution in [-0.4, -0.2) is 27.3 Å². The number of carbonyl (C=O) groups excluding carboxylic acids is 2. The summed E-state index contributed by atoms with van der Waals surface area (Å²) in [6.45, 7) is 0. The van der Waals surface area contributed by atoms with Gasteiger partial charge in [0.05, 0.1) is 38.3 Å². The average molecular weight is 481 g/mol. The molecule has 1 aliphatic heterocycles. The van der Waals surface area contributed by atoms with E-state index in [1.54, 1.807) is 35.7 Å². The van der Waals surface area contributed by atoms with Gasteiger partial charge < -0.3 is 0 Å². The van der Waals surface area contributed by atoms with E-state index in [1.807, 2.05) is 0 Å². The molecule has 0 saturated heterocycles. The molecule has 4 rings (SSSR count). The van der Waals surface area contributed by atoms with Gasteiger partial charge >= 0.3 is 0 Å². The highest BCUT2D eigenvalue weighted by atomic mass is 35.5. The van der Waals surface area contributed by atoms with Crippen LogP contribution in [0.3, 0.4) is 0 Å². The van der Waals surface area contributed by atoms with Crippen molar-refractivity contribution in [3.05, 3.63) is 74.4 Å². The molecule has 1 aliphatic rings. The van der Waals surface area contributed by atoms with Crippen molar-refractivity contribution < 1.29 is 18.0 Å². The lowest BCUT2D eigenvalue weighted by Gasteiger charge is -2.27. The Balaban J connectivity index is 1.78. The van der Waals surface area contributed by atoms with Gasteiger partial charge in [-0.25, -0.2) is 13.3 Å². The topological polar surface area (TPSA) is 74.8 Å². The molecule has 0 saturated carbocycles. The van der Waals surface area contributed by atoms with Crippen molar-refractivity contribution in [3.63, 3.8) is 0 Å². The van der Waals surface area contributed by atoms with Crippen molar-refractivity contribution in [2.45, 2.75) is 11.3 Å². The number of carbonyl (C=O) groups is 2. The number of hydrogen-bond acceptors (Lipinski definition) is 5. The molecule has 0 fully saturated rings. The van der Waals surface area contributed by atoms with Crippen molar-refractivity contribution >= 4 is 67.8 Å². The lowest BCUT2D eigenvalue weighted by Crippen LogP contribution is -2.42. The summed E-state index contributed by atoms with van der Waals surface area (Å²) < 4.78 is 27.4. The smallest absolute Gasteiger partial charge is 0.266 e. The number of imide groups is 1. The number of thiophene rings is 1. The van der Waals surface area contributed by atoms with Gasteiger partial charge in [-0.05, 0) is 41.8 Å². The third-order valence-corrected chi connectivity index (χ3v) is 8.08. The number of amides is 2. The minimum absolute atomic E-state index is 0.0251. The summed E-state index contributed by atoms with van der Waals surface area (Å²) in [5.41, 5.74) is 0.734. The Morgan fingerprint density at radius 2 is 1.77 bits per heavy atom. The summed E-state index contributed by atoms with van der Waals surface area (Å²) in [5.74, 6) is -0.996. The van der Waals surface area contributed by atoms with E-state index >= 15 is 0 Å². The minimum atomic E-state index is -4.03. The molecule has 0 aliphatic carbocycles. The number of hydrogen-bond donors (Lipinski definition) is 0. The molecule has 10 heteroatoms. The second-order valence-electron chi connectivity index (χ2n) is 6.51. The largest absolute Gasteiger partial charge is 0.274 e. The van der Waals surface area contributed by atoms with Crippen LogP contribution in [0.2, 0.25) is 10.0 Å². The third kappa shape index (κ3) is 3.39. The number of anilines is 2. The fourth-order valence-electron chi connectivity index (χ4n) is 3.18. The van der Waals surface area contributed by atoms with Gasteiger partial charge in [-0.1, -0.05) is 35.3 Å². The highest BCUT2D eigenvalue weighted by molar-refractivity contribution is 7.92. The normalized spacial score (nSPS) is 14.0. The zero-order valence-corrected chi connectivity index (χ0v) is 18.6. The number of sulfonamides is 1. The van der Waals surface area contributed by atoms with E-state index in [2.05, 4.69) is 0 Å². The first-order chi connectivity index (χ1) is 14.2. The van der Waals surface area contributed by atoms with Crippen molar-refractivity contribution in [3.8, 4) is 0 Å². The van der Waals surface area contributed by atoms with Crippen LogP contribution in [0.15, 0.2) is 58.8 Å². The van der Waals surface area contributed by atoms with E-state index in [1.165, 1.54) is 36.6 Å². The maximum atomic E-state index is 13.2. The van der Waals surface area contributed by atoms with Crippen molar-refractivity contribution in [2.75, 3.05) is 16.3 Å². The second kappa shape index (κ2) is 7.70. The van der Waals surface area contributed by atoms with E-state index < -0.39 is 21.8 Å². The first-order valence-electron chi connectivity index (χ1n) is 8.68. The monoisotopic (exact) mass is 480 g/mol. The molecule has 1 aromatic heterocycles. The van der Waals surface area contributed by atoms with Gasteiger partial charge in [0, 0.05) is 11.9 Å². The van der Waals surface area contributed by atoms with Crippen LogP contribution < -0.4 is 9.21 Å². The Labute approximate surface area is 187 Å². The highest BCUT2D eigenvalue weighted by Crippen LogP contribution is 2.36. The fraction of sp³-hybridized carbons (Fsp3) is 0.100. The third-order valence-electron chi connectivity index (χ3n) is 4.75. The highest BCUT2D eigenvalue weighted by Gasteiger charge is 2.35. The second-order valence-corrected chi connectivity index (χ2v) is 10.3. The standard InChI is InChI=1S/C20H14Cl2N2O4S2/c1-23(16-5-3-2-4-14(16)21)30(27,28)12-6-7-15(22)17(10-12)24-19(25)11-18-13(20(24)26)8-9-29-18/h2-10H,11H2,1H3. The first-order valence-corrected chi connectivity index (χ1v) is 11.8. The quantitative estimate of drug-likeness (QED) is 0.511. The number of para-hydroxylation sites is 1. The van der Waals surface area contributed by atoms with E-state index in [-0.39, 0.29) is 27.0 Å². The van der Waals surface area contributed by atoms with Gasteiger partial charge in [-0.2, -0.15) is 0 Å². The number of nitrogens with zero attached hydrogens (tertiary/aromatic N) is 2. The lowest BCUT2D eigenvalue weighted by molar-refractivity contribution is -0.117. The fourth-order valence-corrected chi connectivity index (χ4v) is 5.79. The molecular weight excluding hydrogens is 467 g/mol. The molecule has 0 unspecified atom stereocenters. The summed E-state index contributed by atoms with van der Waals surface area (Å²) >= 11 is 13.7. The Bertz CT molecular complexity index is 1290. The number of fused-ring (bicyclic) bond motifs is 1. The van der Waals surface area contributed by atoms with E-state index in [9.17, 15) is 18.0 Å². The Morgan fingerprint density at radius 3 is 2.50 bits per heavy atom. The Kier molecular flexibility index (Phi) is 5.36. The van der Waals surface area contributed by atoms with Crippen LogP contribution in [0.1, 0.15) is 15.2 Å². The van der Waals surface area contributed by atoms with Crippen LogP contribution >= 0.6 is 34.5 Å². The summed E-state index contributed by atoms with van der Waals surface area (Å²) in [6, 6.07) is 12.1. The zero-order chi connectivity index (χ0) is 21.6. The molecule has 0 bridgehead atoms. The Hall–Kier alpha value is -2.39. The van der Waals surface area contributed by atoms with E-state index in [0.717, 1.165) is 9.21 Å². The minimum Gasteiger partial charge on any atom is -0.274 e. The number of halogens is 2. The van der Waals surface area contributed by atoms with Gasteiger partial charge in [-0.15, -0.1) is 11.3 Å². The summed E-state index contributed by atoms with van der Waals surface area (Å²) in [7, 11) is -2.66. The maximum Gasteiger partial charge on any atom is 0.266 e. The lowest BCUT2D eigenvalue weighted by atomic mass is 10.1. The molecule has 154 valence electrons. The summed E-state index contributed by atoms with van der Waals surface area (Å²) in [5, 5.41) is 2.10. The van der Waals surface area contributed by atoms with Crippen LogP contribution in [-0.2, 0) is 21.2 Å². The van der Waals surface area contributed by atoms with Crippen molar-refractivity contribution in [1.29, 1.82) is 0 Å². The van der Waals surface area contributed by atoms with Gasteiger partial charge in [-0.3, -0.25) is 13.9 Å². The van der Waals surface area contributed by atoms with E-state index in [0.29, 0.717) is 16.1 Å². The molecule has 0 spiro atoms. The molecule has 0 N–H and O–H groups in total. The van der Waals surface area contributed by atoms with Crippen LogP contribution in [0.4, 0.5) is 11.4 Å². The predicted molar refractivity (Wildman–Crippen MR) is 118 cm³/mol. The molecule has 0 radical (unpaired) electrons. The first kappa shape index (κ1) is 20.9.